The van der Waals surface area contributed by atoms with Gasteiger partial charge in [-0.1, -0.05) is 48.3 Å². The fourth-order valence-corrected chi connectivity index (χ4v) is 3.62. The number of nitrogens with two attached hydrogens (primary N) is 2. The van der Waals surface area contributed by atoms with Crippen LogP contribution in [-0.2, 0) is 21.5 Å². The smallest absolute Gasteiger partial charge is 0.326 e. The molecule has 2 aromatic rings. The predicted octanol–water partition coefficient (Wildman–Crippen LogP) is 0.709. The lowest BCUT2D eigenvalue weighted by Gasteiger charge is -2.19. The largest absolute Gasteiger partial charge is 0.480 e. The molecule has 0 bridgehead atoms. The monoisotopic (exact) mass is 430 g/mol. The Hall–Kier alpha value is -3.47. The highest BCUT2D eigenvalue weighted by Gasteiger charge is 2.37. The predicted molar refractivity (Wildman–Crippen MR) is 108 cm³/mol. The van der Waals surface area contributed by atoms with Crippen LogP contribution in [0.1, 0.15) is 55.4 Å². The minimum absolute atomic E-state index is 0.0180. The Morgan fingerprint density at radius 2 is 1.84 bits per heavy atom. The van der Waals surface area contributed by atoms with Crippen LogP contribution >= 0.6 is 0 Å². The summed E-state index contributed by atoms with van der Waals surface area (Å²) in [5.74, 6) is -1.61. The Balaban J connectivity index is 1.70. The number of aromatic nitrogens is 2. The van der Waals surface area contributed by atoms with E-state index in [-0.39, 0.29) is 18.7 Å². The van der Waals surface area contributed by atoms with E-state index in [0.717, 1.165) is 18.4 Å². The van der Waals surface area contributed by atoms with Crippen molar-refractivity contribution in [3.63, 3.8) is 0 Å². The van der Waals surface area contributed by atoms with Crippen LogP contribution in [0.2, 0.25) is 0 Å². The van der Waals surface area contributed by atoms with Crippen molar-refractivity contribution in [3.8, 4) is 0 Å². The molecule has 0 unspecified atom stereocenters. The number of hydrogen-bond acceptors (Lipinski definition) is 7. The van der Waals surface area contributed by atoms with Crippen LogP contribution in [0.25, 0.3) is 0 Å². The van der Waals surface area contributed by atoms with Crippen molar-refractivity contribution in [1.82, 2.24) is 20.8 Å². The van der Waals surface area contributed by atoms with Crippen molar-refractivity contribution >= 4 is 17.9 Å². The zero-order chi connectivity index (χ0) is 22.4. The van der Waals surface area contributed by atoms with Gasteiger partial charge in [0.05, 0.1) is 12.0 Å². The molecule has 11 heteroatoms. The van der Waals surface area contributed by atoms with E-state index in [4.69, 9.17) is 16.0 Å². The van der Waals surface area contributed by atoms with E-state index in [9.17, 15) is 19.5 Å². The average Bonchev–Trinajstić information content (AvgIpc) is 3.38. The van der Waals surface area contributed by atoms with E-state index in [1.165, 1.54) is 0 Å². The van der Waals surface area contributed by atoms with Crippen LogP contribution < -0.4 is 22.1 Å². The number of aliphatic carboxylic acids is 1. The Labute approximate surface area is 178 Å². The summed E-state index contributed by atoms with van der Waals surface area (Å²) in [6, 6.07) is 5.88. The lowest BCUT2D eigenvalue weighted by atomic mass is 9.98. The van der Waals surface area contributed by atoms with Crippen LogP contribution in [0.15, 0.2) is 34.9 Å². The zero-order valence-corrected chi connectivity index (χ0v) is 16.9. The first kappa shape index (κ1) is 22.2. The molecule has 1 heterocycles. The maximum atomic E-state index is 12.5. The van der Waals surface area contributed by atoms with E-state index < -0.39 is 35.5 Å². The van der Waals surface area contributed by atoms with Gasteiger partial charge in [0.15, 0.2) is 5.82 Å². The van der Waals surface area contributed by atoms with Crippen molar-refractivity contribution in [2.24, 2.45) is 11.5 Å². The molecule has 166 valence electrons. The molecule has 0 spiro atoms. The van der Waals surface area contributed by atoms with Crippen LogP contribution in [0.3, 0.4) is 0 Å². The number of amides is 3. The zero-order valence-electron chi connectivity index (χ0n) is 16.9. The van der Waals surface area contributed by atoms with E-state index in [1.807, 2.05) is 6.07 Å². The molecule has 0 radical (unpaired) electrons. The number of carboxylic acid groups (broad SMARTS) is 1. The van der Waals surface area contributed by atoms with Crippen molar-refractivity contribution in [1.29, 1.82) is 0 Å². The normalized spacial score (nSPS) is 16.9. The number of rotatable bonds is 9. The quantitative estimate of drug-likeness (QED) is 0.384. The molecule has 2 atom stereocenters. The van der Waals surface area contributed by atoms with Gasteiger partial charge in [0.1, 0.15) is 12.1 Å². The van der Waals surface area contributed by atoms with Gasteiger partial charge < -0.3 is 31.7 Å². The highest BCUT2D eigenvalue weighted by molar-refractivity contribution is 5.83. The third kappa shape index (κ3) is 5.79. The number of carbonyl (C=O) groups excluding carboxylic acids is 2. The third-order valence-corrected chi connectivity index (χ3v) is 5.28. The van der Waals surface area contributed by atoms with Gasteiger partial charge in [0.2, 0.25) is 11.8 Å². The van der Waals surface area contributed by atoms with Crippen molar-refractivity contribution in [3.05, 3.63) is 47.6 Å². The Bertz CT molecular complexity index is 925. The first-order chi connectivity index (χ1) is 14.8. The van der Waals surface area contributed by atoms with Crippen molar-refractivity contribution in [2.45, 2.75) is 56.1 Å². The molecule has 1 aliphatic carbocycles. The van der Waals surface area contributed by atoms with Gasteiger partial charge in [-0.25, -0.2) is 9.59 Å². The van der Waals surface area contributed by atoms with Crippen LogP contribution in [-0.4, -0.2) is 39.2 Å². The maximum absolute atomic E-state index is 12.5. The molecule has 1 saturated carbocycles. The number of primary amides is 1. The molecule has 1 aliphatic rings. The van der Waals surface area contributed by atoms with E-state index in [1.54, 1.807) is 24.3 Å². The van der Waals surface area contributed by atoms with Crippen LogP contribution in [0.4, 0.5) is 4.79 Å². The highest BCUT2D eigenvalue weighted by atomic mass is 16.5. The number of urea groups is 1. The lowest BCUT2D eigenvalue weighted by Crippen LogP contribution is -2.48. The Kier molecular flexibility index (Phi) is 6.85. The fourth-order valence-electron chi connectivity index (χ4n) is 3.62. The van der Waals surface area contributed by atoms with E-state index in [0.29, 0.717) is 18.7 Å². The highest BCUT2D eigenvalue weighted by Crippen LogP contribution is 2.35. The SMILES string of the molecule is NC(=O)C[C@H](NC(=O)N[C@@H](Cc1ccccc1)C(=O)O)c1nc(C2(N)CCCC2)no1. The number of nitrogens with one attached hydrogen (secondary N) is 2. The molecule has 1 aromatic carbocycles. The molecule has 11 nitrogen and oxygen atoms in total. The standard InChI is InChI=1S/C20H26N6O5/c21-15(27)11-13(16-25-18(26-31-16)20(22)8-4-5-9-20)23-19(30)24-14(17(28)29)10-12-6-2-1-3-7-12/h1-3,6-7,13-14H,4-5,8-11,22H2,(H2,21,27)(H,28,29)(H2,23,24,30)/t13-,14-/m0/s1. The summed E-state index contributed by atoms with van der Waals surface area (Å²) >= 11 is 0. The maximum Gasteiger partial charge on any atom is 0.326 e. The van der Waals surface area contributed by atoms with Crippen molar-refractivity contribution in [2.75, 3.05) is 0 Å². The minimum atomic E-state index is -1.20. The average molecular weight is 430 g/mol. The second kappa shape index (κ2) is 9.56. The summed E-state index contributed by atoms with van der Waals surface area (Å²) in [6.45, 7) is 0. The number of nitrogens with zero attached hydrogens (tertiary/aromatic N) is 2. The molecule has 0 aliphatic heterocycles. The molecule has 1 fully saturated rings. The van der Waals surface area contributed by atoms with Crippen molar-refractivity contribution < 1.29 is 24.0 Å². The first-order valence-corrected chi connectivity index (χ1v) is 10.0. The molecule has 31 heavy (non-hydrogen) atoms. The van der Waals surface area contributed by atoms with Gasteiger partial charge in [0, 0.05) is 6.42 Å². The molecule has 3 amide bonds. The molecule has 1 aromatic heterocycles. The Morgan fingerprint density at radius 3 is 2.45 bits per heavy atom. The van der Waals surface area contributed by atoms with Gasteiger partial charge >= 0.3 is 12.0 Å². The van der Waals surface area contributed by atoms with Crippen LogP contribution in [0, 0.1) is 0 Å². The summed E-state index contributed by atoms with van der Waals surface area (Å²) in [4.78, 5) is 39.9. The topological polar surface area (TPSA) is 186 Å². The second-order valence-electron chi connectivity index (χ2n) is 7.74. The van der Waals surface area contributed by atoms with Gasteiger partial charge in [-0.2, -0.15) is 4.98 Å². The number of benzene rings is 1. The molecular formula is C20H26N6O5. The first-order valence-electron chi connectivity index (χ1n) is 10.0. The van der Waals surface area contributed by atoms with Gasteiger partial charge in [-0.15, -0.1) is 0 Å². The lowest BCUT2D eigenvalue weighted by molar-refractivity contribution is -0.139. The summed E-state index contributed by atoms with van der Waals surface area (Å²) in [5.41, 5.74) is 11.7. The van der Waals surface area contributed by atoms with E-state index in [2.05, 4.69) is 20.8 Å². The second-order valence-corrected chi connectivity index (χ2v) is 7.74. The molecule has 0 saturated heterocycles. The summed E-state index contributed by atoms with van der Waals surface area (Å²) in [6.07, 6.45) is 3.10. The third-order valence-electron chi connectivity index (χ3n) is 5.28. The van der Waals surface area contributed by atoms with Gasteiger partial charge in [-0.05, 0) is 18.4 Å². The Morgan fingerprint density at radius 1 is 1.16 bits per heavy atom. The molecule has 3 rings (SSSR count). The van der Waals surface area contributed by atoms with Gasteiger partial charge in [0.25, 0.3) is 0 Å². The summed E-state index contributed by atoms with van der Waals surface area (Å²) in [5, 5.41) is 18.3. The number of carbonyl (C=O) groups is 3. The number of hydrogen-bond donors (Lipinski definition) is 5. The fraction of sp³-hybridized carbons (Fsp3) is 0.450. The summed E-state index contributed by atoms with van der Waals surface area (Å²) < 4.78 is 5.25. The van der Waals surface area contributed by atoms with Crippen LogP contribution in [0.5, 0.6) is 0 Å². The minimum Gasteiger partial charge on any atom is -0.480 e. The number of carboxylic acids is 1. The summed E-state index contributed by atoms with van der Waals surface area (Å²) in [7, 11) is 0. The molecular weight excluding hydrogens is 404 g/mol. The molecule has 7 N–H and O–H groups in total. The van der Waals surface area contributed by atoms with Gasteiger partial charge in [-0.3, -0.25) is 4.79 Å². The van der Waals surface area contributed by atoms with E-state index >= 15 is 0 Å².